The van der Waals surface area contributed by atoms with Gasteiger partial charge in [0.2, 0.25) is 5.91 Å². The van der Waals surface area contributed by atoms with Gasteiger partial charge in [0.25, 0.3) is 0 Å². The van der Waals surface area contributed by atoms with Gasteiger partial charge in [0.15, 0.2) is 0 Å². The Hall–Kier alpha value is -3.39. The highest BCUT2D eigenvalue weighted by molar-refractivity contribution is 5.78. The molecular formula is C19H16N4O. The topological polar surface area (TPSA) is 70.7 Å². The molecule has 0 fully saturated rings. The summed E-state index contributed by atoms with van der Waals surface area (Å²) in [4.78, 5) is 12.1. The minimum absolute atomic E-state index is 0.0787. The van der Waals surface area contributed by atoms with Gasteiger partial charge in [-0.05, 0) is 35.4 Å². The molecule has 1 N–H and O–H groups in total. The zero-order chi connectivity index (χ0) is 16.8. The van der Waals surface area contributed by atoms with Crippen molar-refractivity contribution in [2.45, 2.75) is 13.0 Å². The quantitative estimate of drug-likeness (QED) is 0.786. The molecule has 0 aliphatic rings. The number of amides is 1. The van der Waals surface area contributed by atoms with Crippen LogP contribution in [0.15, 0.2) is 67.0 Å². The van der Waals surface area contributed by atoms with Gasteiger partial charge in [-0.1, -0.05) is 30.3 Å². The highest BCUT2D eigenvalue weighted by atomic mass is 16.1. The highest BCUT2D eigenvalue weighted by Crippen LogP contribution is 2.08. The van der Waals surface area contributed by atoms with Crippen LogP contribution in [-0.4, -0.2) is 15.7 Å². The van der Waals surface area contributed by atoms with Crippen LogP contribution >= 0.6 is 0 Å². The molecule has 1 aromatic heterocycles. The fraction of sp³-hybridized carbons (Fsp3) is 0.105. The first-order valence-electron chi connectivity index (χ1n) is 7.59. The van der Waals surface area contributed by atoms with Crippen LogP contribution < -0.4 is 5.32 Å². The summed E-state index contributed by atoms with van der Waals surface area (Å²) in [6, 6.07) is 19.0. The summed E-state index contributed by atoms with van der Waals surface area (Å²) in [7, 11) is 0. The van der Waals surface area contributed by atoms with E-state index in [2.05, 4.69) is 16.5 Å². The molecule has 0 saturated carbocycles. The second kappa shape index (κ2) is 7.25. The molecule has 0 atom stereocenters. The Morgan fingerprint density at radius 1 is 1.12 bits per heavy atom. The summed E-state index contributed by atoms with van der Waals surface area (Å²) in [6.07, 6.45) is 3.82. The van der Waals surface area contributed by atoms with Crippen LogP contribution in [0, 0.1) is 11.3 Å². The SMILES string of the molecule is N#Cc1cccc(CNC(=O)Cc2cnn(-c3ccccc3)c2)c1. The van der Waals surface area contributed by atoms with E-state index >= 15 is 0 Å². The van der Waals surface area contributed by atoms with Crippen LogP contribution in [0.1, 0.15) is 16.7 Å². The van der Waals surface area contributed by atoms with Crippen LogP contribution in [0.3, 0.4) is 0 Å². The molecule has 1 amide bonds. The number of carbonyl (C=O) groups excluding carboxylic acids is 1. The lowest BCUT2D eigenvalue weighted by molar-refractivity contribution is -0.120. The fourth-order valence-corrected chi connectivity index (χ4v) is 2.37. The van der Waals surface area contributed by atoms with E-state index in [4.69, 9.17) is 5.26 Å². The molecular weight excluding hydrogens is 300 g/mol. The van der Waals surface area contributed by atoms with Crippen molar-refractivity contribution in [2.24, 2.45) is 0 Å². The molecule has 5 nitrogen and oxygen atoms in total. The molecule has 118 valence electrons. The zero-order valence-electron chi connectivity index (χ0n) is 13.0. The van der Waals surface area contributed by atoms with E-state index in [1.807, 2.05) is 48.7 Å². The maximum atomic E-state index is 12.1. The first-order valence-corrected chi connectivity index (χ1v) is 7.59. The minimum Gasteiger partial charge on any atom is -0.352 e. The van der Waals surface area contributed by atoms with Crippen molar-refractivity contribution < 1.29 is 4.79 Å². The maximum absolute atomic E-state index is 12.1. The molecule has 0 saturated heterocycles. The van der Waals surface area contributed by atoms with E-state index in [1.54, 1.807) is 23.0 Å². The maximum Gasteiger partial charge on any atom is 0.224 e. The van der Waals surface area contributed by atoms with Crippen molar-refractivity contribution in [3.05, 3.63) is 83.7 Å². The molecule has 24 heavy (non-hydrogen) atoms. The Balaban J connectivity index is 1.57. The largest absolute Gasteiger partial charge is 0.352 e. The van der Waals surface area contributed by atoms with Crippen molar-refractivity contribution >= 4 is 5.91 Å². The fourth-order valence-electron chi connectivity index (χ4n) is 2.37. The lowest BCUT2D eigenvalue weighted by Crippen LogP contribution is -2.24. The van der Waals surface area contributed by atoms with E-state index in [-0.39, 0.29) is 12.3 Å². The standard InChI is InChI=1S/C19H16N4O/c20-11-15-5-4-6-16(9-15)12-21-19(24)10-17-13-22-23(14-17)18-7-2-1-3-8-18/h1-9,13-14H,10,12H2,(H,21,24). The third-order valence-electron chi connectivity index (χ3n) is 3.57. The summed E-state index contributed by atoms with van der Waals surface area (Å²) >= 11 is 0. The molecule has 5 heteroatoms. The van der Waals surface area contributed by atoms with E-state index in [0.717, 1.165) is 16.8 Å². The molecule has 2 aromatic carbocycles. The summed E-state index contributed by atoms with van der Waals surface area (Å²) in [6.45, 7) is 0.404. The second-order valence-corrected chi connectivity index (χ2v) is 5.39. The first-order chi connectivity index (χ1) is 11.7. The number of aromatic nitrogens is 2. The minimum atomic E-state index is -0.0787. The molecule has 0 aliphatic carbocycles. The lowest BCUT2D eigenvalue weighted by Gasteiger charge is -2.05. The van der Waals surface area contributed by atoms with E-state index in [9.17, 15) is 4.79 Å². The Kier molecular flexibility index (Phi) is 4.68. The Bertz CT molecular complexity index is 878. The third kappa shape index (κ3) is 3.87. The number of hydrogen-bond acceptors (Lipinski definition) is 3. The monoisotopic (exact) mass is 316 g/mol. The number of nitriles is 1. The van der Waals surface area contributed by atoms with Crippen molar-refractivity contribution in [2.75, 3.05) is 0 Å². The number of hydrogen-bond donors (Lipinski definition) is 1. The molecule has 0 radical (unpaired) electrons. The van der Waals surface area contributed by atoms with Gasteiger partial charge < -0.3 is 5.32 Å². The zero-order valence-corrected chi connectivity index (χ0v) is 13.0. The van der Waals surface area contributed by atoms with Crippen LogP contribution in [0.4, 0.5) is 0 Å². The number of rotatable bonds is 5. The van der Waals surface area contributed by atoms with Gasteiger partial charge in [0.1, 0.15) is 0 Å². The molecule has 0 aliphatic heterocycles. The first kappa shape index (κ1) is 15.5. The second-order valence-electron chi connectivity index (χ2n) is 5.39. The number of carbonyl (C=O) groups is 1. The van der Waals surface area contributed by atoms with Crippen molar-refractivity contribution in [3.63, 3.8) is 0 Å². The summed E-state index contributed by atoms with van der Waals surface area (Å²) in [5, 5.41) is 16.0. The lowest BCUT2D eigenvalue weighted by atomic mass is 10.1. The van der Waals surface area contributed by atoms with Gasteiger partial charge >= 0.3 is 0 Å². The van der Waals surface area contributed by atoms with Gasteiger partial charge in [-0.25, -0.2) is 4.68 Å². The summed E-state index contributed by atoms with van der Waals surface area (Å²) in [5.41, 5.74) is 3.30. The predicted molar refractivity (Wildman–Crippen MR) is 90.3 cm³/mol. The van der Waals surface area contributed by atoms with Gasteiger partial charge in [-0.3, -0.25) is 4.79 Å². The van der Waals surface area contributed by atoms with Crippen molar-refractivity contribution in [1.82, 2.24) is 15.1 Å². The van der Waals surface area contributed by atoms with E-state index in [1.165, 1.54) is 0 Å². The van der Waals surface area contributed by atoms with Gasteiger partial charge in [-0.2, -0.15) is 10.4 Å². The number of nitrogens with zero attached hydrogens (tertiary/aromatic N) is 3. The van der Waals surface area contributed by atoms with E-state index in [0.29, 0.717) is 12.1 Å². The van der Waals surface area contributed by atoms with Crippen LogP contribution in [0.2, 0.25) is 0 Å². The Labute approximate surface area is 140 Å². The van der Waals surface area contributed by atoms with Crippen molar-refractivity contribution in [3.8, 4) is 11.8 Å². The van der Waals surface area contributed by atoms with Crippen LogP contribution in [0.25, 0.3) is 5.69 Å². The van der Waals surface area contributed by atoms with Crippen LogP contribution in [-0.2, 0) is 17.8 Å². The van der Waals surface area contributed by atoms with Gasteiger partial charge in [0, 0.05) is 12.7 Å². The number of para-hydroxylation sites is 1. The predicted octanol–water partition coefficient (Wildman–Crippen LogP) is 2.60. The Morgan fingerprint density at radius 2 is 1.96 bits per heavy atom. The molecule has 3 aromatic rings. The molecule has 3 rings (SSSR count). The highest BCUT2D eigenvalue weighted by Gasteiger charge is 2.07. The van der Waals surface area contributed by atoms with Gasteiger partial charge in [-0.15, -0.1) is 0 Å². The van der Waals surface area contributed by atoms with E-state index < -0.39 is 0 Å². The summed E-state index contributed by atoms with van der Waals surface area (Å²) in [5.74, 6) is -0.0787. The average Bonchev–Trinajstić information content (AvgIpc) is 3.09. The summed E-state index contributed by atoms with van der Waals surface area (Å²) < 4.78 is 1.75. The molecule has 0 unspecified atom stereocenters. The third-order valence-corrected chi connectivity index (χ3v) is 3.57. The number of benzene rings is 2. The van der Waals surface area contributed by atoms with Crippen LogP contribution in [0.5, 0.6) is 0 Å². The Morgan fingerprint density at radius 3 is 2.75 bits per heavy atom. The molecule has 1 heterocycles. The molecule has 0 spiro atoms. The smallest absolute Gasteiger partial charge is 0.224 e. The molecule has 0 bridgehead atoms. The average molecular weight is 316 g/mol. The van der Waals surface area contributed by atoms with Crippen molar-refractivity contribution in [1.29, 1.82) is 5.26 Å². The number of nitrogens with one attached hydrogen (secondary N) is 1. The van der Waals surface area contributed by atoms with Gasteiger partial charge in [0.05, 0.1) is 29.9 Å². The normalized spacial score (nSPS) is 10.1.